The molecule has 2 fully saturated rings. The minimum atomic E-state index is 0.105. The van der Waals surface area contributed by atoms with E-state index in [1.165, 1.54) is 49.0 Å². The molecule has 2 aromatic heterocycles. The molecular formula is C25H30N2O2S. The highest BCUT2D eigenvalue weighted by atomic mass is 32.1. The third-order valence-electron chi connectivity index (χ3n) is 6.91. The quantitative estimate of drug-likeness (QED) is 0.507. The zero-order valence-corrected chi connectivity index (χ0v) is 18.3. The van der Waals surface area contributed by atoms with Crippen molar-refractivity contribution >= 4 is 21.6 Å². The Morgan fingerprint density at radius 1 is 1.00 bits per heavy atom. The van der Waals surface area contributed by atoms with E-state index in [1.807, 2.05) is 16.0 Å². The molecule has 1 aromatic carbocycles. The summed E-state index contributed by atoms with van der Waals surface area (Å²) < 4.78 is 8.19. The van der Waals surface area contributed by atoms with E-state index >= 15 is 0 Å². The van der Waals surface area contributed by atoms with Crippen LogP contribution < -0.4 is 5.56 Å². The van der Waals surface area contributed by atoms with E-state index < -0.39 is 0 Å². The number of fused-ring (bicyclic) bond motifs is 1. The molecule has 1 saturated carbocycles. The van der Waals surface area contributed by atoms with Crippen molar-refractivity contribution in [2.24, 2.45) is 5.92 Å². The monoisotopic (exact) mass is 422 g/mol. The van der Waals surface area contributed by atoms with Crippen LogP contribution in [-0.2, 0) is 11.3 Å². The molecule has 3 heterocycles. The van der Waals surface area contributed by atoms with Crippen molar-refractivity contribution < 1.29 is 4.74 Å². The van der Waals surface area contributed by atoms with Crippen LogP contribution in [0.5, 0.6) is 0 Å². The van der Waals surface area contributed by atoms with Crippen LogP contribution >= 0.6 is 11.3 Å². The van der Waals surface area contributed by atoms with Gasteiger partial charge in [0.25, 0.3) is 5.56 Å². The van der Waals surface area contributed by atoms with E-state index in [9.17, 15) is 4.79 Å². The highest BCUT2D eigenvalue weighted by molar-refractivity contribution is 7.17. The smallest absolute Gasteiger partial charge is 0.271 e. The van der Waals surface area contributed by atoms with Gasteiger partial charge in [-0.2, -0.15) is 0 Å². The predicted molar refractivity (Wildman–Crippen MR) is 123 cm³/mol. The number of thiophene rings is 1. The van der Waals surface area contributed by atoms with E-state index in [4.69, 9.17) is 9.72 Å². The molecule has 1 aliphatic heterocycles. The lowest BCUT2D eigenvalue weighted by atomic mass is 9.84. The summed E-state index contributed by atoms with van der Waals surface area (Å²) in [6.07, 6.45) is 9.85. The van der Waals surface area contributed by atoms with Gasteiger partial charge in [0.05, 0.1) is 5.52 Å². The van der Waals surface area contributed by atoms with E-state index in [2.05, 4.69) is 24.3 Å². The number of aromatic nitrogens is 2. The van der Waals surface area contributed by atoms with Crippen molar-refractivity contribution in [1.82, 2.24) is 9.55 Å². The Balaban J connectivity index is 1.46. The van der Waals surface area contributed by atoms with Gasteiger partial charge in [0.1, 0.15) is 10.5 Å². The van der Waals surface area contributed by atoms with E-state index in [0.29, 0.717) is 11.8 Å². The summed E-state index contributed by atoms with van der Waals surface area (Å²) in [5, 5.41) is 1.97. The number of rotatable bonds is 5. The van der Waals surface area contributed by atoms with Crippen LogP contribution in [0, 0.1) is 5.92 Å². The molecule has 5 heteroatoms. The lowest BCUT2D eigenvalue weighted by Gasteiger charge is -2.23. The molecule has 3 aromatic rings. The van der Waals surface area contributed by atoms with Crippen LogP contribution in [-0.4, -0.2) is 22.8 Å². The Kier molecular flexibility index (Phi) is 6.00. The summed E-state index contributed by atoms with van der Waals surface area (Å²) in [7, 11) is 0. The zero-order chi connectivity index (χ0) is 20.3. The number of ether oxygens (including phenoxy) is 1. The van der Waals surface area contributed by atoms with Gasteiger partial charge in [-0.25, -0.2) is 4.98 Å². The maximum Gasteiger partial charge on any atom is 0.271 e. The van der Waals surface area contributed by atoms with E-state index in [-0.39, 0.29) is 5.56 Å². The summed E-state index contributed by atoms with van der Waals surface area (Å²) in [6.45, 7) is 2.42. The molecule has 0 spiro atoms. The van der Waals surface area contributed by atoms with Gasteiger partial charge in [0.15, 0.2) is 0 Å². The number of nitrogens with zero attached hydrogens (tertiary/aromatic N) is 2. The molecule has 0 radical (unpaired) electrons. The van der Waals surface area contributed by atoms with E-state index in [0.717, 1.165) is 60.6 Å². The molecule has 2 aliphatic rings. The first kappa shape index (κ1) is 20.0. The van der Waals surface area contributed by atoms with Gasteiger partial charge in [-0.05, 0) is 60.9 Å². The molecule has 4 nitrogen and oxygen atoms in total. The summed E-state index contributed by atoms with van der Waals surface area (Å²) >= 11 is 1.50. The van der Waals surface area contributed by atoms with Crippen molar-refractivity contribution in [2.45, 2.75) is 63.8 Å². The number of hydrogen-bond donors (Lipinski definition) is 0. The SMILES string of the molecule is O=c1c2sccc2nc(-c2ccc(C3CCCCC3)cc2)n1CCC1CCOCC1. The molecule has 0 bridgehead atoms. The molecule has 0 unspecified atom stereocenters. The normalized spacial score (nSPS) is 18.8. The fraction of sp³-hybridized carbons (Fsp3) is 0.520. The lowest BCUT2D eigenvalue weighted by Crippen LogP contribution is -2.25. The van der Waals surface area contributed by atoms with Crippen LogP contribution in [0.3, 0.4) is 0 Å². The van der Waals surface area contributed by atoms with Crippen LogP contribution in [0.2, 0.25) is 0 Å². The number of benzene rings is 1. The highest BCUT2D eigenvalue weighted by Crippen LogP contribution is 2.33. The van der Waals surface area contributed by atoms with Crippen molar-refractivity contribution in [3.05, 3.63) is 51.6 Å². The van der Waals surface area contributed by atoms with Gasteiger partial charge >= 0.3 is 0 Å². The first-order valence-electron chi connectivity index (χ1n) is 11.5. The van der Waals surface area contributed by atoms with Gasteiger partial charge in [0, 0.05) is 25.3 Å². The predicted octanol–water partition coefficient (Wildman–Crippen LogP) is 5.99. The second-order valence-electron chi connectivity index (χ2n) is 8.83. The molecule has 0 atom stereocenters. The van der Waals surface area contributed by atoms with Gasteiger partial charge in [-0.15, -0.1) is 11.3 Å². The second-order valence-corrected chi connectivity index (χ2v) is 9.74. The molecule has 0 N–H and O–H groups in total. The summed E-state index contributed by atoms with van der Waals surface area (Å²) in [5.41, 5.74) is 3.41. The minimum Gasteiger partial charge on any atom is -0.381 e. The molecule has 1 aliphatic carbocycles. The molecule has 0 amide bonds. The Morgan fingerprint density at radius 3 is 2.53 bits per heavy atom. The topological polar surface area (TPSA) is 44.1 Å². The average molecular weight is 423 g/mol. The van der Waals surface area contributed by atoms with Gasteiger partial charge in [-0.3, -0.25) is 9.36 Å². The number of hydrogen-bond acceptors (Lipinski definition) is 4. The Labute approximate surface area is 181 Å². The molecule has 1 saturated heterocycles. The third kappa shape index (κ3) is 4.10. The first-order chi connectivity index (χ1) is 14.8. The lowest BCUT2D eigenvalue weighted by molar-refractivity contribution is 0.0625. The Bertz CT molecular complexity index is 1040. The molecule has 5 rings (SSSR count). The fourth-order valence-electron chi connectivity index (χ4n) is 5.06. The van der Waals surface area contributed by atoms with Crippen LogP contribution in [0.1, 0.15) is 62.8 Å². The van der Waals surface area contributed by atoms with Crippen molar-refractivity contribution in [3.63, 3.8) is 0 Å². The van der Waals surface area contributed by atoms with E-state index in [1.54, 1.807) is 0 Å². The molecule has 158 valence electrons. The van der Waals surface area contributed by atoms with Crippen LogP contribution in [0.15, 0.2) is 40.5 Å². The molecular weight excluding hydrogens is 392 g/mol. The van der Waals surface area contributed by atoms with Crippen molar-refractivity contribution in [1.29, 1.82) is 0 Å². The van der Waals surface area contributed by atoms with Crippen LogP contribution in [0.4, 0.5) is 0 Å². The van der Waals surface area contributed by atoms with Gasteiger partial charge in [0.2, 0.25) is 0 Å². The summed E-state index contributed by atoms with van der Waals surface area (Å²) in [4.78, 5) is 18.2. The second kappa shape index (κ2) is 9.03. The summed E-state index contributed by atoms with van der Waals surface area (Å²) in [6, 6.07) is 10.8. The Hall–Kier alpha value is -1.98. The Morgan fingerprint density at radius 2 is 1.77 bits per heavy atom. The fourth-order valence-corrected chi connectivity index (χ4v) is 5.84. The largest absolute Gasteiger partial charge is 0.381 e. The van der Waals surface area contributed by atoms with Crippen LogP contribution in [0.25, 0.3) is 21.6 Å². The maximum absolute atomic E-state index is 13.3. The highest BCUT2D eigenvalue weighted by Gasteiger charge is 2.19. The minimum absolute atomic E-state index is 0.105. The zero-order valence-electron chi connectivity index (χ0n) is 17.5. The maximum atomic E-state index is 13.3. The molecule has 30 heavy (non-hydrogen) atoms. The third-order valence-corrected chi connectivity index (χ3v) is 7.80. The van der Waals surface area contributed by atoms with Crippen molar-refractivity contribution in [3.8, 4) is 11.4 Å². The van der Waals surface area contributed by atoms with Gasteiger partial charge in [-0.1, -0.05) is 43.5 Å². The van der Waals surface area contributed by atoms with Crippen molar-refractivity contribution in [2.75, 3.05) is 13.2 Å². The first-order valence-corrected chi connectivity index (χ1v) is 12.3. The summed E-state index contributed by atoms with van der Waals surface area (Å²) in [5.74, 6) is 2.13. The standard InChI is InChI=1S/C25H30N2O2S/c28-25-23-22(13-17-30-23)26-24(27(25)14-10-18-11-15-29-16-12-18)21-8-6-20(7-9-21)19-4-2-1-3-5-19/h6-9,13,17-19H,1-5,10-12,14-16H2. The average Bonchev–Trinajstić information content (AvgIpc) is 3.29. The van der Waals surface area contributed by atoms with Gasteiger partial charge < -0.3 is 4.74 Å².